The fourth-order valence-electron chi connectivity index (χ4n) is 3.22. The number of hydrazone groups is 1. The van der Waals surface area contributed by atoms with Gasteiger partial charge < -0.3 is 0 Å². The number of ketones is 1. The van der Waals surface area contributed by atoms with Gasteiger partial charge in [0.15, 0.2) is 15.6 Å². The zero-order valence-corrected chi connectivity index (χ0v) is 17.3. The lowest BCUT2D eigenvalue weighted by Gasteiger charge is -2.14. The molecular weight excluding hydrogens is 396 g/mol. The third-order valence-corrected chi connectivity index (χ3v) is 7.97. The topological polar surface area (TPSA) is 92.6 Å². The number of carbonyl (C=O) groups is 1. The Hall–Kier alpha value is -2.13. The van der Waals surface area contributed by atoms with Crippen LogP contribution in [0.4, 0.5) is 0 Å². The van der Waals surface area contributed by atoms with Gasteiger partial charge in [0.1, 0.15) is 16.5 Å². The summed E-state index contributed by atoms with van der Waals surface area (Å²) in [5.41, 5.74) is 0.984. The Balaban J connectivity index is 1.62. The summed E-state index contributed by atoms with van der Waals surface area (Å²) in [4.78, 5) is 17.6. The van der Waals surface area contributed by atoms with Crippen molar-refractivity contribution in [3.63, 3.8) is 0 Å². The van der Waals surface area contributed by atoms with Gasteiger partial charge in [-0.15, -0.1) is 0 Å². The van der Waals surface area contributed by atoms with Gasteiger partial charge in [-0.25, -0.2) is 13.4 Å². The molecule has 7 nitrogen and oxygen atoms in total. The van der Waals surface area contributed by atoms with Gasteiger partial charge in [0.05, 0.1) is 16.6 Å². The Labute approximate surface area is 168 Å². The highest BCUT2D eigenvalue weighted by Crippen LogP contribution is 2.33. The summed E-state index contributed by atoms with van der Waals surface area (Å²) >= 11 is 1.22. The van der Waals surface area contributed by atoms with Crippen LogP contribution in [0.25, 0.3) is 0 Å². The van der Waals surface area contributed by atoms with Crippen LogP contribution in [0.3, 0.4) is 0 Å². The van der Waals surface area contributed by atoms with Crippen molar-refractivity contribution in [2.75, 3.05) is 13.1 Å². The van der Waals surface area contributed by atoms with Gasteiger partial charge in [-0.05, 0) is 56.3 Å². The first-order valence-electron chi connectivity index (χ1n) is 9.44. The SMILES string of the molecule is Cc1nsc(CC(=O)/C(=N/N2CCCC2)c2ccc(S(=O)(=O)C3CC3)cc2)n1. The second kappa shape index (κ2) is 7.71. The van der Waals surface area contributed by atoms with Crippen molar-refractivity contribution in [1.82, 2.24) is 14.4 Å². The minimum atomic E-state index is -3.25. The third kappa shape index (κ3) is 4.15. The molecule has 2 heterocycles. The molecule has 0 atom stereocenters. The average Bonchev–Trinajstić information content (AvgIpc) is 3.29. The van der Waals surface area contributed by atoms with Gasteiger partial charge in [-0.1, -0.05) is 12.1 Å². The van der Waals surface area contributed by atoms with E-state index in [1.165, 1.54) is 11.5 Å². The molecular formula is C19H22N4O3S2. The highest BCUT2D eigenvalue weighted by molar-refractivity contribution is 7.92. The minimum absolute atomic E-state index is 0.138. The van der Waals surface area contributed by atoms with Gasteiger partial charge in [-0.3, -0.25) is 9.80 Å². The maximum Gasteiger partial charge on any atom is 0.190 e. The quantitative estimate of drug-likeness (QED) is 0.641. The zero-order chi connectivity index (χ0) is 19.7. The molecule has 148 valence electrons. The monoisotopic (exact) mass is 418 g/mol. The van der Waals surface area contributed by atoms with Gasteiger partial charge >= 0.3 is 0 Å². The number of hydrogen-bond donors (Lipinski definition) is 0. The standard InChI is InChI=1S/C19H22N4O3S2/c1-13-20-18(27-22-13)12-17(24)19(21-23-10-2-3-11-23)14-4-6-15(7-5-14)28(25,26)16-8-9-16/h4-7,16H,2-3,8-12H2,1H3/b21-19+. The summed E-state index contributed by atoms with van der Waals surface area (Å²) in [5.74, 6) is 0.515. The van der Waals surface area contributed by atoms with Crippen molar-refractivity contribution in [2.24, 2.45) is 5.10 Å². The fourth-order valence-corrected chi connectivity index (χ4v) is 5.53. The lowest BCUT2D eigenvalue weighted by atomic mass is 10.0. The van der Waals surface area contributed by atoms with Crippen molar-refractivity contribution in [2.45, 2.75) is 49.2 Å². The molecule has 1 aromatic heterocycles. The van der Waals surface area contributed by atoms with E-state index in [4.69, 9.17) is 0 Å². The Morgan fingerprint density at radius 2 is 1.89 bits per heavy atom. The molecule has 4 rings (SSSR count). The third-order valence-electron chi connectivity index (χ3n) is 4.89. The largest absolute Gasteiger partial charge is 0.296 e. The molecule has 28 heavy (non-hydrogen) atoms. The predicted molar refractivity (Wildman–Crippen MR) is 107 cm³/mol. The maximum atomic E-state index is 13.0. The number of sulfone groups is 1. The predicted octanol–water partition coefficient (Wildman–Crippen LogP) is 2.39. The van der Waals surface area contributed by atoms with Crippen LogP contribution in [0.1, 0.15) is 42.1 Å². The van der Waals surface area contributed by atoms with E-state index in [9.17, 15) is 13.2 Å². The molecule has 1 aromatic carbocycles. The fraction of sp³-hybridized carbons (Fsp3) is 0.474. The second-order valence-corrected chi connectivity index (χ2v) is 10.3. The molecule has 0 unspecified atom stereocenters. The molecule has 1 saturated heterocycles. The highest BCUT2D eigenvalue weighted by Gasteiger charge is 2.36. The molecule has 1 aliphatic heterocycles. The number of rotatable bonds is 7. The summed E-state index contributed by atoms with van der Waals surface area (Å²) in [6.07, 6.45) is 3.70. The number of aryl methyl sites for hydroxylation is 1. The number of carbonyl (C=O) groups excluding carboxylic acids is 1. The lowest BCUT2D eigenvalue weighted by Crippen LogP contribution is -2.23. The van der Waals surface area contributed by atoms with E-state index in [2.05, 4.69) is 14.5 Å². The van der Waals surface area contributed by atoms with Crippen molar-refractivity contribution >= 4 is 32.9 Å². The van der Waals surface area contributed by atoms with Gasteiger partial charge in [-0.2, -0.15) is 9.47 Å². The van der Waals surface area contributed by atoms with Crippen LogP contribution in [0.15, 0.2) is 34.3 Å². The Kier molecular flexibility index (Phi) is 5.29. The number of aromatic nitrogens is 2. The van der Waals surface area contributed by atoms with Crippen LogP contribution in [0.5, 0.6) is 0 Å². The van der Waals surface area contributed by atoms with E-state index in [-0.39, 0.29) is 17.5 Å². The van der Waals surface area contributed by atoms with Crippen LogP contribution >= 0.6 is 11.5 Å². The molecule has 0 N–H and O–H groups in total. The number of benzene rings is 1. The van der Waals surface area contributed by atoms with E-state index in [1.807, 2.05) is 5.01 Å². The Morgan fingerprint density at radius 1 is 1.21 bits per heavy atom. The summed E-state index contributed by atoms with van der Waals surface area (Å²) in [5, 5.41) is 6.91. The van der Waals surface area contributed by atoms with Gasteiger partial charge in [0.25, 0.3) is 0 Å². The van der Waals surface area contributed by atoms with Crippen LogP contribution in [0, 0.1) is 6.92 Å². The molecule has 1 aliphatic carbocycles. The molecule has 9 heteroatoms. The van der Waals surface area contributed by atoms with E-state index < -0.39 is 9.84 Å². The van der Waals surface area contributed by atoms with E-state index in [0.717, 1.165) is 38.8 Å². The molecule has 2 aliphatic rings. The second-order valence-electron chi connectivity index (χ2n) is 7.21. The van der Waals surface area contributed by atoms with Crippen LogP contribution in [0.2, 0.25) is 0 Å². The Bertz CT molecular complexity index is 1000. The summed E-state index contributed by atoms with van der Waals surface area (Å²) < 4.78 is 29.0. The van der Waals surface area contributed by atoms with Crippen molar-refractivity contribution in [1.29, 1.82) is 0 Å². The lowest BCUT2D eigenvalue weighted by molar-refractivity contribution is -0.112. The number of hydrogen-bond acceptors (Lipinski definition) is 8. The normalized spacial score (nSPS) is 17.9. The highest BCUT2D eigenvalue weighted by atomic mass is 32.2. The minimum Gasteiger partial charge on any atom is -0.296 e. The van der Waals surface area contributed by atoms with Crippen LogP contribution < -0.4 is 0 Å². The summed E-state index contributed by atoms with van der Waals surface area (Å²) in [6.45, 7) is 3.44. The van der Waals surface area contributed by atoms with Gasteiger partial charge in [0, 0.05) is 18.7 Å². The molecule has 2 fully saturated rings. The average molecular weight is 419 g/mol. The van der Waals surface area contributed by atoms with Crippen LogP contribution in [-0.2, 0) is 21.1 Å². The molecule has 0 radical (unpaired) electrons. The van der Waals surface area contributed by atoms with Crippen molar-refractivity contribution < 1.29 is 13.2 Å². The smallest absolute Gasteiger partial charge is 0.190 e. The van der Waals surface area contributed by atoms with E-state index in [1.54, 1.807) is 31.2 Å². The molecule has 1 saturated carbocycles. The van der Waals surface area contributed by atoms with Crippen molar-refractivity contribution in [3.05, 3.63) is 40.7 Å². The first-order chi connectivity index (χ1) is 13.4. The van der Waals surface area contributed by atoms with Crippen molar-refractivity contribution in [3.8, 4) is 0 Å². The maximum absolute atomic E-state index is 13.0. The molecule has 0 spiro atoms. The van der Waals surface area contributed by atoms with E-state index in [0.29, 0.717) is 27.0 Å². The zero-order valence-electron chi connectivity index (χ0n) is 15.7. The molecule has 2 aromatic rings. The number of nitrogens with zero attached hydrogens (tertiary/aromatic N) is 4. The first-order valence-corrected chi connectivity index (χ1v) is 11.8. The molecule has 0 amide bonds. The summed E-state index contributed by atoms with van der Waals surface area (Å²) in [6, 6.07) is 6.55. The van der Waals surface area contributed by atoms with E-state index >= 15 is 0 Å². The van der Waals surface area contributed by atoms with Gasteiger partial charge in [0.2, 0.25) is 0 Å². The summed E-state index contributed by atoms with van der Waals surface area (Å²) in [7, 11) is -3.25. The van der Waals surface area contributed by atoms with Crippen LogP contribution in [-0.4, -0.2) is 52.6 Å². The first kappa shape index (κ1) is 19.2. The number of Topliss-reactive ketones (excluding diaryl/α,β-unsaturated/α-hetero) is 1. The molecule has 0 bridgehead atoms. The Morgan fingerprint density at radius 3 is 2.46 bits per heavy atom.